The van der Waals surface area contributed by atoms with E-state index >= 15 is 0 Å². The van der Waals surface area contributed by atoms with Gasteiger partial charge in [-0.1, -0.05) is 184 Å². The van der Waals surface area contributed by atoms with Crippen molar-refractivity contribution in [3.05, 3.63) is 60.8 Å². The monoisotopic (exact) mass is 769 g/mol. The quantitative estimate of drug-likeness (QED) is 0.0267. The summed E-state index contributed by atoms with van der Waals surface area (Å²) in [7, 11) is 0. The van der Waals surface area contributed by atoms with Gasteiger partial charge in [-0.25, -0.2) is 0 Å². The number of unbranched alkanes of at least 4 members (excludes halogenated alkanes) is 19. The Morgan fingerprint density at radius 3 is 1.24 bits per heavy atom. The average Bonchev–Trinajstić information content (AvgIpc) is 3.18. The number of hydrogen-bond acceptors (Lipinski definition) is 6. The van der Waals surface area contributed by atoms with Gasteiger partial charge in [0.25, 0.3) is 0 Å². The van der Waals surface area contributed by atoms with Gasteiger partial charge in [0, 0.05) is 19.3 Å². The maximum absolute atomic E-state index is 12.7. The van der Waals surface area contributed by atoms with E-state index < -0.39 is 6.10 Å². The number of esters is 3. The van der Waals surface area contributed by atoms with Gasteiger partial charge in [0.05, 0.1) is 0 Å². The Morgan fingerprint density at radius 2 is 0.745 bits per heavy atom. The van der Waals surface area contributed by atoms with Gasteiger partial charge in [-0.15, -0.1) is 0 Å². The topological polar surface area (TPSA) is 78.9 Å². The van der Waals surface area contributed by atoms with Gasteiger partial charge in [0.2, 0.25) is 0 Å². The summed E-state index contributed by atoms with van der Waals surface area (Å²) in [5, 5.41) is 0. The van der Waals surface area contributed by atoms with Crippen LogP contribution in [0.1, 0.15) is 213 Å². The maximum Gasteiger partial charge on any atom is 0.306 e. The molecule has 0 aliphatic carbocycles. The van der Waals surface area contributed by atoms with E-state index in [1.54, 1.807) is 0 Å². The molecule has 0 aliphatic heterocycles. The van der Waals surface area contributed by atoms with Crippen molar-refractivity contribution in [2.45, 2.75) is 219 Å². The molecular weight excluding hydrogens is 685 g/mol. The lowest BCUT2D eigenvalue weighted by Crippen LogP contribution is -2.30. The summed E-state index contributed by atoms with van der Waals surface area (Å²) in [6.45, 7) is 6.41. The zero-order valence-electron chi connectivity index (χ0n) is 35.9. The number of rotatable bonds is 40. The lowest BCUT2D eigenvalue weighted by molar-refractivity contribution is -0.166. The zero-order chi connectivity index (χ0) is 40.1. The third kappa shape index (κ3) is 42.1. The van der Waals surface area contributed by atoms with Crippen LogP contribution in [0.2, 0.25) is 0 Å². The highest BCUT2D eigenvalue weighted by Gasteiger charge is 2.19. The van der Waals surface area contributed by atoms with Gasteiger partial charge >= 0.3 is 17.9 Å². The normalized spacial score (nSPS) is 12.6. The van der Waals surface area contributed by atoms with Crippen LogP contribution >= 0.6 is 0 Å². The van der Waals surface area contributed by atoms with E-state index in [9.17, 15) is 14.4 Å². The summed E-state index contributed by atoms with van der Waals surface area (Å²) < 4.78 is 16.6. The second-order valence-electron chi connectivity index (χ2n) is 14.9. The van der Waals surface area contributed by atoms with Crippen LogP contribution in [0.5, 0.6) is 0 Å². The molecule has 6 nitrogen and oxygen atoms in total. The minimum Gasteiger partial charge on any atom is -0.462 e. The molecule has 0 bridgehead atoms. The summed E-state index contributed by atoms with van der Waals surface area (Å²) in [6, 6.07) is 0. The van der Waals surface area contributed by atoms with Crippen molar-refractivity contribution >= 4 is 17.9 Å². The molecule has 0 radical (unpaired) electrons. The first-order valence-corrected chi connectivity index (χ1v) is 22.8. The number of carbonyl (C=O) groups excluding carboxylic acids is 3. The number of hydrogen-bond donors (Lipinski definition) is 0. The van der Waals surface area contributed by atoms with E-state index in [0.717, 1.165) is 77.0 Å². The molecule has 0 N–H and O–H groups in total. The van der Waals surface area contributed by atoms with Crippen LogP contribution in [0, 0.1) is 0 Å². The predicted octanol–water partition coefficient (Wildman–Crippen LogP) is 14.5. The maximum atomic E-state index is 12.7. The van der Waals surface area contributed by atoms with Crippen molar-refractivity contribution < 1.29 is 28.6 Å². The summed E-state index contributed by atoms with van der Waals surface area (Å²) in [5.41, 5.74) is 0. The molecule has 0 saturated heterocycles. The zero-order valence-corrected chi connectivity index (χ0v) is 35.9. The molecule has 0 aromatic rings. The van der Waals surface area contributed by atoms with Crippen LogP contribution in [0.25, 0.3) is 0 Å². The number of allylic oxidation sites excluding steroid dienone is 10. The fourth-order valence-electron chi connectivity index (χ4n) is 6.10. The molecule has 55 heavy (non-hydrogen) atoms. The SMILES string of the molecule is CC/C=C\C/C=C\C/C=C\C/C=C\CCC(=O)OCC(COC(=O)CCCCCCCCCCCCC)OC(=O)CCCCCCC/C=C\CCCCCC. The lowest BCUT2D eigenvalue weighted by Gasteiger charge is -2.18. The summed E-state index contributed by atoms with van der Waals surface area (Å²) in [5.74, 6) is -0.996. The van der Waals surface area contributed by atoms with Crippen molar-refractivity contribution in [3.63, 3.8) is 0 Å². The Morgan fingerprint density at radius 1 is 0.382 bits per heavy atom. The van der Waals surface area contributed by atoms with E-state index in [-0.39, 0.29) is 37.5 Å². The first kappa shape index (κ1) is 52.1. The minimum absolute atomic E-state index is 0.0983. The fourth-order valence-corrected chi connectivity index (χ4v) is 6.10. The van der Waals surface area contributed by atoms with Crippen LogP contribution in [0.4, 0.5) is 0 Å². The summed E-state index contributed by atoms with van der Waals surface area (Å²) in [6.07, 6.45) is 52.1. The predicted molar refractivity (Wildman–Crippen MR) is 233 cm³/mol. The fraction of sp³-hybridized carbons (Fsp3) is 0.735. The molecule has 0 spiro atoms. The Hall–Kier alpha value is -2.89. The average molecular weight is 769 g/mol. The molecular formula is C49H84O6. The van der Waals surface area contributed by atoms with E-state index in [4.69, 9.17) is 14.2 Å². The summed E-state index contributed by atoms with van der Waals surface area (Å²) in [4.78, 5) is 37.7. The van der Waals surface area contributed by atoms with Gasteiger partial charge in [0.1, 0.15) is 13.2 Å². The van der Waals surface area contributed by atoms with Gasteiger partial charge in [-0.05, 0) is 70.6 Å². The largest absolute Gasteiger partial charge is 0.462 e. The van der Waals surface area contributed by atoms with Crippen LogP contribution in [0.3, 0.4) is 0 Å². The molecule has 0 aromatic heterocycles. The van der Waals surface area contributed by atoms with Crippen LogP contribution in [-0.2, 0) is 28.6 Å². The lowest BCUT2D eigenvalue weighted by atomic mass is 10.1. The van der Waals surface area contributed by atoms with Crippen molar-refractivity contribution in [1.82, 2.24) is 0 Å². The smallest absolute Gasteiger partial charge is 0.306 e. The summed E-state index contributed by atoms with van der Waals surface area (Å²) >= 11 is 0. The van der Waals surface area contributed by atoms with E-state index in [1.165, 1.54) is 89.9 Å². The molecule has 1 atom stereocenters. The molecule has 0 rings (SSSR count). The molecule has 0 aliphatic rings. The third-order valence-corrected chi connectivity index (χ3v) is 9.52. The Balaban J connectivity index is 4.49. The van der Waals surface area contributed by atoms with Gasteiger partial charge in [0.15, 0.2) is 6.10 Å². The Labute approximate surface area is 339 Å². The van der Waals surface area contributed by atoms with E-state index in [1.807, 2.05) is 12.2 Å². The molecule has 0 amide bonds. The third-order valence-electron chi connectivity index (χ3n) is 9.52. The second kappa shape index (κ2) is 43.8. The molecule has 0 saturated carbocycles. The Bertz CT molecular complexity index is 1020. The molecule has 0 fully saturated rings. The second-order valence-corrected chi connectivity index (χ2v) is 14.9. The standard InChI is InChI=1S/C49H84O6/c1-4-7-10-13-16-19-22-24-27-30-33-36-39-42-48(51)54-45-46(44-53-47(50)41-38-35-32-29-26-21-18-15-12-9-6-3)55-49(52)43-40-37-34-31-28-25-23-20-17-14-11-8-5-2/h7,10,16,19-20,23-24,27,33,36,46H,4-6,8-9,11-15,17-18,21-22,25-26,28-32,34-35,37-45H2,1-3H3/b10-7-,19-16-,23-20-,27-24-,36-33-. The number of ether oxygens (including phenoxy) is 3. The first-order valence-electron chi connectivity index (χ1n) is 22.8. The van der Waals surface area contributed by atoms with E-state index in [0.29, 0.717) is 19.3 Å². The molecule has 316 valence electrons. The van der Waals surface area contributed by atoms with Gasteiger partial charge in [-0.3, -0.25) is 14.4 Å². The Kier molecular flexibility index (Phi) is 41.5. The minimum atomic E-state index is -0.802. The van der Waals surface area contributed by atoms with Crippen molar-refractivity contribution in [1.29, 1.82) is 0 Å². The van der Waals surface area contributed by atoms with Crippen molar-refractivity contribution in [3.8, 4) is 0 Å². The number of carbonyl (C=O) groups is 3. The van der Waals surface area contributed by atoms with Crippen LogP contribution in [-0.4, -0.2) is 37.2 Å². The van der Waals surface area contributed by atoms with Gasteiger partial charge in [-0.2, -0.15) is 0 Å². The first-order chi connectivity index (χ1) is 27.0. The van der Waals surface area contributed by atoms with Crippen molar-refractivity contribution in [2.24, 2.45) is 0 Å². The highest BCUT2D eigenvalue weighted by atomic mass is 16.6. The molecule has 0 aromatic carbocycles. The van der Waals surface area contributed by atoms with Crippen molar-refractivity contribution in [2.75, 3.05) is 13.2 Å². The highest BCUT2D eigenvalue weighted by Crippen LogP contribution is 2.14. The van der Waals surface area contributed by atoms with E-state index in [2.05, 4.69) is 69.4 Å². The van der Waals surface area contributed by atoms with Crippen LogP contribution < -0.4 is 0 Å². The molecule has 1 unspecified atom stereocenters. The highest BCUT2D eigenvalue weighted by molar-refractivity contribution is 5.71. The molecule has 6 heteroatoms. The van der Waals surface area contributed by atoms with Crippen LogP contribution in [0.15, 0.2) is 60.8 Å². The van der Waals surface area contributed by atoms with Gasteiger partial charge < -0.3 is 14.2 Å². The molecule has 0 heterocycles.